The quantitative estimate of drug-likeness (QED) is 0.771. The molecule has 4 atom stereocenters. The number of fused-ring (bicyclic) bond motifs is 2. The van der Waals surface area contributed by atoms with Crippen LogP contribution >= 0.6 is 0 Å². The van der Waals surface area contributed by atoms with Gasteiger partial charge in [0.25, 0.3) is 0 Å². The fraction of sp³-hybridized carbons (Fsp3) is 0.923. The first-order valence-electron chi connectivity index (χ1n) is 6.66. The number of hydrogen-bond acceptors (Lipinski definition) is 3. The highest BCUT2D eigenvalue weighted by atomic mass is 16.2. The molecule has 2 aliphatic carbocycles. The van der Waals surface area contributed by atoms with E-state index in [0.717, 1.165) is 13.1 Å². The molecule has 0 aromatic rings. The first kappa shape index (κ1) is 12.8. The topological polar surface area (TPSA) is 49.6 Å². The van der Waals surface area contributed by atoms with E-state index in [1.165, 1.54) is 19.3 Å². The van der Waals surface area contributed by atoms with Crippen LogP contribution in [0.4, 0.5) is 0 Å². The van der Waals surface area contributed by atoms with Crippen molar-refractivity contribution in [2.75, 3.05) is 34.2 Å². The van der Waals surface area contributed by atoms with Gasteiger partial charge in [-0.05, 0) is 45.2 Å². The molecule has 1 amide bonds. The molecule has 2 rings (SSSR count). The molecule has 0 saturated heterocycles. The SMILES string of the molecule is CN(C)CCN(C)C(=O)C1C2CCC(C2)C1N. The van der Waals surface area contributed by atoms with Crippen LogP contribution in [0.15, 0.2) is 0 Å². The summed E-state index contributed by atoms with van der Waals surface area (Å²) < 4.78 is 0. The fourth-order valence-corrected chi connectivity index (χ4v) is 3.42. The molecule has 2 N–H and O–H groups in total. The van der Waals surface area contributed by atoms with Crippen molar-refractivity contribution < 1.29 is 4.79 Å². The molecule has 2 fully saturated rings. The molecule has 0 heterocycles. The van der Waals surface area contributed by atoms with Gasteiger partial charge in [0.2, 0.25) is 5.91 Å². The Hall–Kier alpha value is -0.610. The molecular weight excluding hydrogens is 214 g/mol. The zero-order valence-electron chi connectivity index (χ0n) is 11.2. The molecule has 0 aromatic carbocycles. The monoisotopic (exact) mass is 239 g/mol. The Morgan fingerprint density at radius 1 is 1.18 bits per heavy atom. The number of amides is 1. The minimum absolute atomic E-state index is 0.0981. The molecule has 17 heavy (non-hydrogen) atoms. The third-order valence-electron chi connectivity index (χ3n) is 4.52. The van der Waals surface area contributed by atoms with Crippen molar-refractivity contribution in [2.45, 2.75) is 25.3 Å². The van der Waals surface area contributed by atoms with Crippen molar-refractivity contribution >= 4 is 5.91 Å². The summed E-state index contributed by atoms with van der Waals surface area (Å²) in [5, 5.41) is 0. The summed E-state index contributed by atoms with van der Waals surface area (Å²) in [5.41, 5.74) is 6.20. The summed E-state index contributed by atoms with van der Waals surface area (Å²) in [4.78, 5) is 16.4. The minimum atomic E-state index is 0.0981. The molecule has 2 saturated carbocycles. The smallest absolute Gasteiger partial charge is 0.227 e. The summed E-state index contributed by atoms with van der Waals surface area (Å²) in [6.07, 6.45) is 3.62. The van der Waals surface area contributed by atoms with E-state index in [4.69, 9.17) is 5.73 Å². The van der Waals surface area contributed by atoms with Crippen LogP contribution in [0.2, 0.25) is 0 Å². The van der Waals surface area contributed by atoms with Crippen molar-refractivity contribution in [3.05, 3.63) is 0 Å². The number of nitrogens with two attached hydrogens (primary N) is 1. The Morgan fingerprint density at radius 2 is 1.82 bits per heavy atom. The van der Waals surface area contributed by atoms with Crippen molar-refractivity contribution in [3.63, 3.8) is 0 Å². The summed E-state index contributed by atoms with van der Waals surface area (Å²) in [5.74, 6) is 1.54. The van der Waals surface area contributed by atoms with E-state index in [-0.39, 0.29) is 17.9 Å². The zero-order chi connectivity index (χ0) is 12.6. The van der Waals surface area contributed by atoms with Gasteiger partial charge in [-0.15, -0.1) is 0 Å². The molecule has 0 spiro atoms. The molecule has 2 aliphatic rings. The fourth-order valence-electron chi connectivity index (χ4n) is 3.42. The van der Waals surface area contributed by atoms with Gasteiger partial charge in [0, 0.05) is 26.2 Å². The lowest BCUT2D eigenvalue weighted by molar-refractivity contribution is -0.136. The van der Waals surface area contributed by atoms with E-state index in [2.05, 4.69) is 4.90 Å². The van der Waals surface area contributed by atoms with Crippen LogP contribution in [0.5, 0.6) is 0 Å². The molecule has 4 nitrogen and oxygen atoms in total. The van der Waals surface area contributed by atoms with E-state index in [0.29, 0.717) is 11.8 Å². The predicted octanol–water partition coefficient (Wildman–Crippen LogP) is 0.380. The molecule has 0 aromatic heterocycles. The third kappa shape index (κ3) is 2.47. The van der Waals surface area contributed by atoms with Crippen LogP contribution in [0.1, 0.15) is 19.3 Å². The van der Waals surface area contributed by atoms with Gasteiger partial charge in [-0.1, -0.05) is 0 Å². The highest BCUT2D eigenvalue weighted by molar-refractivity contribution is 5.80. The molecule has 0 radical (unpaired) electrons. The lowest BCUT2D eigenvalue weighted by Crippen LogP contribution is -2.47. The summed E-state index contributed by atoms with van der Waals surface area (Å²) >= 11 is 0. The third-order valence-corrected chi connectivity index (χ3v) is 4.52. The van der Waals surface area contributed by atoms with Gasteiger partial charge >= 0.3 is 0 Å². The number of carbonyl (C=O) groups excluding carboxylic acids is 1. The van der Waals surface area contributed by atoms with E-state index in [9.17, 15) is 4.79 Å². The standard InChI is InChI=1S/C13H25N3O/c1-15(2)6-7-16(3)13(17)11-9-4-5-10(8-9)12(11)14/h9-12H,4-8,14H2,1-3H3. The molecule has 4 unspecified atom stereocenters. The number of nitrogens with zero attached hydrogens (tertiary/aromatic N) is 2. The van der Waals surface area contributed by atoms with Crippen molar-refractivity contribution in [2.24, 2.45) is 23.5 Å². The van der Waals surface area contributed by atoms with Crippen molar-refractivity contribution in [3.8, 4) is 0 Å². The Balaban J connectivity index is 1.91. The zero-order valence-corrected chi connectivity index (χ0v) is 11.2. The van der Waals surface area contributed by atoms with Crippen LogP contribution in [-0.4, -0.2) is 56.0 Å². The predicted molar refractivity (Wildman–Crippen MR) is 68.5 cm³/mol. The summed E-state index contributed by atoms with van der Waals surface area (Å²) in [6, 6.07) is 0.114. The van der Waals surface area contributed by atoms with Crippen LogP contribution < -0.4 is 5.73 Å². The molecule has 4 heteroatoms. The second-order valence-electron chi connectivity index (χ2n) is 6.00. The Morgan fingerprint density at radius 3 is 2.35 bits per heavy atom. The normalized spacial score (nSPS) is 35.6. The van der Waals surface area contributed by atoms with Gasteiger partial charge in [-0.3, -0.25) is 4.79 Å². The molecule has 0 aliphatic heterocycles. The van der Waals surface area contributed by atoms with E-state index < -0.39 is 0 Å². The van der Waals surface area contributed by atoms with Crippen LogP contribution in [0.25, 0.3) is 0 Å². The van der Waals surface area contributed by atoms with E-state index in [1.54, 1.807) is 0 Å². The average Bonchev–Trinajstić information content (AvgIpc) is 2.85. The van der Waals surface area contributed by atoms with Gasteiger partial charge in [-0.25, -0.2) is 0 Å². The van der Waals surface area contributed by atoms with Crippen molar-refractivity contribution in [1.29, 1.82) is 0 Å². The maximum Gasteiger partial charge on any atom is 0.227 e. The Kier molecular flexibility index (Phi) is 3.73. The number of rotatable bonds is 4. The second-order valence-corrected chi connectivity index (χ2v) is 6.00. The maximum atomic E-state index is 12.4. The van der Waals surface area contributed by atoms with Crippen LogP contribution in [0, 0.1) is 17.8 Å². The average molecular weight is 239 g/mol. The lowest BCUT2D eigenvalue weighted by Gasteiger charge is -2.31. The Bertz CT molecular complexity index is 290. The second kappa shape index (κ2) is 4.94. The number of likely N-dealkylation sites (N-methyl/N-ethyl adjacent to an activating group) is 2. The first-order chi connectivity index (χ1) is 8.00. The van der Waals surface area contributed by atoms with Gasteiger partial charge in [0.1, 0.15) is 0 Å². The van der Waals surface area contributed by atoms with Gasteiger partial charge < -0.3 is 15.5 Å². The summed E-state index contributed by atoms with van der Waals surface area (Å²) in [6.45, 7) is 1.71. The highest BCUT2D eigenvalue weighted by Gasteiger charge is 2.49. The van der Waals surface area contributed by atoms with Crippen molar-refractivity contribution in [1.82, 2.24) is 9.80 Å². The Labute approximate surface area is 104 Å². The van der Waals surface area contributed by atoms with E-state index in [1.807, 2.05) is 26.0 Å². The minimum Gasteiger partial charge on any atom is -0.344 e. The highest BCUT2D eigenvalue weighted by Crippen LogP contribution is 2.48. The van der Waals surface area contributed by atoms with Gasteiger partial charge in [0.05, 0.1) is 5.92 Å². The summed E-state index contributed by atoms with van der Waals surface area (Å²) in [7, 11) is 5.97. The molecule has 98 valence electrons. The van der Waals surface area contributed by atoms with Gasteiger partial charge in [0.15, 0.2) is 0 Å². The van der Waals surface area contributed by atoms with Crippen LogP contribution in [0.3, 0.4) is 0 Å². The number of hydrogen-bond donors (Lipinski definition) is 1. The molecular formula is C13H25N3O. The number of carbonyl (C=O) groups is 1. The largest absolute Gasteiger partial charge is 0.344 e. The maximum absolute atomic E-state index is 12.4. The van der Waals surface area contributed by atoms with E-state index >= 15 is 0 Å². The first-order valence-corrected chi connectivity index (χ1v) is 6.66. The van der Waals surface area contributed by atoms with Gasteiger partial charge in [-0.2, -0.15) is 0 Å². The lowest BCUT2D eigenvalue weighted by atomic mass is 9.84. The molecule has 2 bridgehead atoms. The van der Waals surface area contributed by atoms with Crippen LogP contribution in [-0.2, 0) is 4.79 Å².